The minimum absolute atomic E-state index is 0.00360. The summed E-state index contributed by atoms with van der Waals surface area (Å²) in [4.78, 5) is 23.0. The maximum Gasteiger partial charge on any atom is 0.309 e. The monoisotopic (exact) mass is 254 g/mol. The summed E-state index contributed by atoms with van der Waals surface area (Å²) in [6.07, 6.45) is 7.93. The molecule has 1 aliphatic rings. The van der Waals surface area contributed by atoms with E-state index in [0.29, 0.717) is 6.42 Å². The second-order valence-electron chi connectivity index (χ2n) is 4.88. The summed E-state index contributed by atoms with van der Waals surface area (Å²) in [7, 11) is 0. The molecule has 1 N–H and O–H groups in total. The predicted octanol–water partition coefficient (Wildman–Crippen LogP) is 2.78. The van der Waals surface area contributed by atoms with Crippen molar-refractivity contribution in [2.45, 2.75) is 52.1 Å². The van der Waals surface area contributed by atoms with E-state index < -0.39 is 17.8 Å². The van der Waals surface area contributed by atoms with Crippen LogP contribution >= 0.6 is 0 Å². The second kappa shape index (κ2) is 7.19. The fourth-order valence-corrected chi connectivity index (χ4v) is 2.24. The molecule has 18 heavy (non-hydrogen) atoms. The molecule has 0 aromatic heterocycles. The van der Waals surface area contributed by atoms with Gasteiger partial charge in [-0.3, -0.25) is 9.59 Å². The van der Waals surface area contributed by atoms with Crippen molar-refractivity contribution in [3.63, 3.8) is 0 Å². The molecule has 0 aromatic rings. The second-order valence-corrected chi connectivity index (χ2v) is 4.88. The Morgan fingerprint density at radius 3 is 2.50 bits per heavy atom. The van der Waals surface area contributed by atoms with Crippen LogP contribution in [0.25, 0.3) is 0 Å². The van der Waals surface area contributed by atoms with Crippen LogP contribution < -0.4 is 0 Å². The van der Waals surface area contributed by atoms with E-state index in [2.05, 4.69) is 0 Å². The smallest absolute Gasteiger partial charge is 0.309 e. The van der Waals surface area contributed by atoms with Crippen molar-refractivity contribution in [2.24, 2.45) is 11.8 Å². The number of hydrogen-bond acceptors (Lipinski definition) is 3. The lowest BCUT2D eigenvalue weighted by atomic mass is 9.91. The normalized spacial score (nSPS) is 19.9. The molecular weight excluding hydrogens is 232 g/mol. The third kappa shape index (κ3) is 4.17. The Morgan fingerprint density at radius 2 is 2.00 bits per heavy atom. The Kier molecular flexibility index (Phi) is 5.89. The molecule has 0 spiro atoms. The van der Waals surface area contributed by atoms with Crippen LogP contribution in [0, 0.1) is 11.8 Å². The third-order valence-corrected chi connectivity index (χ3v) is 3.50. The van der Waals surface area contributed by atoms with Crippen LogP contribution in [0.1, 0.15) is 46.0 Å². The molecule has 0 aromatic carbocycles. The molecule has 1 aliphatic carbocycles. The number of aliphatic carboxylic acids is 1. The Labute approximate surface area is 108 Å². The van der Waals surface area contributed by atoms with E-state index in [0.717, 1.165) is 25.7 Å². The highest BCUT2D eigenvalue weighted by atomic mass is 16.5. The minimum atomic E-state index is -0.941. The van der Waals surface area contributed by atoms with Crippen molar-refractivity contribution in [3.05, 3.63) is 12.2 Å². The minimum Gasteiger partial charge on any atom is -0.481 e. The number of rotatable bonds is 6. The fraction of sp³-hybridized carbons (Fsp3) is 0.714. The van der Waals surface area contributed by atoms with Crippen LogP contribution in [0.3, 0.4) is 0 Å². The summed E-state index contributed by atoms with van der Waals surface area (Å²) >= 11 is 0. The molecule has 102 valence electrons. The topological polar surface area (TPSA) is 63.6 Å². The number of ether oxygens (including phenoxy) is 1. The van der Waals surface area contributed by atoms with Crippen molar-refractivity contribution in [1.29, 1.82) is 0 Å². The lowest BCUT2D eigenvalue weighted by Crippen LogP contribution is -2.30. The number of hydrogen-bond donors (Lipinski definition) is 1. The highest BCUT2D eigenvalue weighted by Gasteiger charge is 2.32. The van der Waals surface area contributed by atoms with E-state index in [9.17, 15) is 9.59 Å². The first-order chi connectivity index (χ1) is 8.56. The Bertz CT molecular complexity index is 316. The van der Waals surface area contributed by atoms with Crippen LogP contribution in [0.5, 0.6) is 0 Å². The zero-order valence-electron chi connectivity index (χ0n) is 11.1. The van der Waals surface area contributed by atoms with Gasteiger partial charge >= 0.3 is 11.9 Å². The molecule has 0 amide bonds. The van der Waals surface area contributed by atoms with Gasteiger partial charge in [0.15, 0.2) is 0 Å². The van der Waals surface area contributed by atoms with Crippen molar-refractivity contribution < 1.29 is 19.4 Å². The summed E-state index contributed by atoms with van der Waals surface area (Å²) in [6, 6.07) is 0. The van der Waals surface area contributed by atoms with E-state index in [1.165, 1.54) is 0 Å². The lowest BCUT2D eigenvalue weighted by Gasteiger charge is -2.20. The Balaban J connectivity index is 2.54. The first-order valence-corrected chi connectivity index (χ1v) is 6.60. The molecule has 4 heteroatoms. The molecule has 1 saturated carbocycles. The number of carbonyl (C=O) groups excluding carboxylic acids is 1. The largest absolute Gasteiger partial charge is 0.481 e. The van der Waals surface area contributed by atoms with E-state index >= 15 is 0 Å². The number of esters is 1. The summed E-state index contributed by atoms with van der Waals surface area (Å²) in [5, 5.41) is 9.14. The van der Waals surface area contributed by atoms with Gasteiger partial charge in [-0.05, 0) is 39.0 Å². The molecule has 1 fully saturated rings. The zero-order valence-corrected chi connectivity index (χ0v) is 11.1. The number of carbonyl (C=O) groups is 2. The highest BCUT2D eigenvalue weighted by molar-refractivity contribution is 5.81. The molecular formula is C14H22O4. The standard InChI is InChI=1S/C14H22O4/c1-3-4-9-12(13(15)16)10(2)14(17)18-11-7-5-6-8-11/h3-4,10-12H,5-9H2,1-2H3,(H,15,16). The number of carboxylic acids is 1. The van der Waals surface area contributed by atoms with Gasteiger partial charge in [0, 0.05) is 0 Å². The van der Waals surface area contributed by atoms with Gasteiger partial charge < -0.3 is 9.84 Å². The molecule has 0 heterocycles. The Morgan fingerprint density at radius 1 is 1.39 bits per heavy atom. The number of allylic oxidation sites excluding steroid dienone is 2. The maximum atomic E-state index is 11.9. The van der Waals surface area contributed by atoms with E-state index in [1.54, 1.807) is 19.1 Å². The average Bonchev–Trinajstić information content (AvgIpc) is 2.81. The third-order valence-electron chi connectivity index (χ3n) is 3.50. The van der Waals surface area contributed by atoms with Crippen LogP contribution in [0.15, 0.2) is 12.2 Å². The summed E-state index contributed by atoms with van der Waals surface area (Å²) in [5.41, 5.74) is 0. The fourth-order valence-electron chi connectivity index (χ4n) is 2.24. The molecule has 2 atom stereocenters. The van der Waals surface area contributed by atoms with Gasteiger partial charge in [0.05, 0.1) is 11.8 Å². The van der Waals surface area contributed by atoms with E-state index in [4.69, 9.17) is 9.84 Å². The number of carboxylic acid groups (broad SMARTS) is 1. The van der Waals surface area contributed by atoms with E-state index in [-0.39, 0.29) is 12.1 Å². The first-order valence-electron chi connectivity index (χ1n) is 6.60. The lowest BCUT2D eigenvalue weighted by molar-refractivity contribution is -0.160. The molecule has 2 unspecified atom stereocenters. The molecule has 4 nitrogen and oxygen atoms in total. The zero-order chi connectivity index (χ0) is 13.5. The van der Waals surface area contributed by atoms with E-state index in [1.807, 2.05) is 6.92 Å². The maximum absolute atomic E-state index is 11.9. The van der Waals surface area contributed by atoms with Crippen molar-refractivity contribution >= 4 is 11.9 Å². The molecule has 0 aliphatic heterocycles. The van der Waals surface area contributed by atoms with Crippen LogP contribution in [-0.4, -0.2) is 23.1 Å². The van der Waals surface area contributed by atoms with Crippen LogP contribution in [0.2, 0.25) is 0 Å². The predicted molar refractivity (Wildman–Crippen MR) is 68.1 cm³/mol. The summed E-state index contributed by atoms with van der Waals surface area (Å²) in [6.45, 7) is 3.47. The van der Waals surface area contributed by atoms with Gasteiger partial charge in [-0.15, -0.1) is 0 Å². The van der Waals surface area contributed by atoms with Gasteiger partial charge in [0.25, 0.3) is 0 Å². The average molecular weight is 254 g/mol. The molecule has 0 radical (unpaired) electrons. The van der Waals surface area contributed by atoms with Gasteiger partial charge in [-0.25, -0.2) is 0 Å². The van der Waals surface area contributed by atoms with Crippen molar-refractivity contribution in [1.82, 2.24) is 0 Å². The first kappa shape index (κ1) is 14.7. The van der Waals surface area contributed by atoms with Gasteiger partial charge in [0.2, 0.25) is 0 Å². The molecule has 0 bridgehead atoms. The van der Waals surface area contributed by atoms with Crippen LogP contribution in [-0.2, 0) is 14.3 Å². The Hall–Kier alpha value is -1.32. The van der Waals surface area contributed by atoms with Crippen molar-refractivity contribution in [2.75, 3.05) is 0 Å². The van der Waals surface area contributed by atoms with Crippen molar-refractivity contribution in [3.8, 4) is 0 Å². The van der Waals surface area contributed by atoms with Gasteiger partial charge in [-0.2, -0.15) is 0 Å². The quantitative estimate of drug-likeness (QED) is 0.584. The highest BCUT2D eigenvalue weighted by Crippen LogP contribution is 2.24. The summed E-state index contributed by atoms with van der Waals surface area (Å²) < 4.78 is 5.36. The van der Waals surface area contributed by atoms with Gasteiger partial charge in [-0.1, -0.05) is 19.1 Å². The van der Waals surface area contributed by atoms with Crippen LogP contribution in [0.4, 0.5) is 0 Å². The summed E-state index contributed by atoms with van der Waals surface area (Å²) in [5.74, 6) is -2.61. The molecule has 0 saturated heterocycles. The molecule has 1 rings (SSSR count). The SMILES string of the molecule is CC=CCC(C(=O)O)C(C)C(=O)OC1CCCC1. The van der Waals surface area contributed by atoms with Gasteiger partial charge in [0.1, 0.15) is 6.10 Å².